The Morgan fingerprint density at radius 2 is 2.04 bits per heavy atom. The van der Waals surface area contributed by atoms with E-state index in [2.05, 4.69) is 9.82 Å². The van der Waals surface area contributed by atoms with Crippen LogP contribution in [0.2, 0.25) is 5.02 Å². The van der Waals surface area contributed by atoms with Gasteiger partial charge in [0, 0.05) is 24.7 Å². The van der Waals surface area contributed by atoms with E-state index in [0.29, 0.717) is 5.69 Å². The number of non-ortho nitro benzene ring substituents is 1. The van der Waals surface area contributed by atoms with E-state index in [1.807, 2.05) is 0 Å². The number of benzene rings is 1. The smallest absolute Gasteiger partial charge is 0.268 e. The molecule has 1 aromatic carbocycles. The summed E-state index contributed by atoms with van der Waals surface area (Å²) in [5.74, 6) is 0. The highest BCUT2D eigenvalue weighted by Crippen LogP contribution is 2.25. The lowest BCUT2D eigenvalue weighted by Gasteiger charge is -2.09. The number of nitro groups is 1. The van der Waals surface area contributed by atoms with Gasteiger partial charge >= 0.3 is 0 Å². The topological polar surface area (TPSA) is 124 Å². The number of sulfonamides is 1. The number of aryl methyl sites for hydroxylation is 1. The van der Waals surface area contributed by atoms with Gasteiger partial charge in [-0.25, -0.2) is 17.8 Å². The zero-order chi connectivity index (χ0) is 17.9. The quantitative estimate of drug-likeness (QED) is 0.597. The lowest BCUT2D eigenvalue weighted by molar-refractivity contribution is -0.385. The van der Waals surface area contributed by atoms with Crippen LogP contribution in [0.4, 0.5) is 5.69 Å². The molecule has 0 radical (unpaired) electrons. The Morgan fingerprint density at radius 1 is 1.33 bits per heavy atom. The van der Waals surface area contributed by atoms with Crippen molar-refractivity contribution in [1.82, 2.24) is 14.5 Å². The van der Waals surface area contributed by atoms with Crippen molar-refractivity contribution in [3.8, 4) is 0 Å². The van der Waals surface area contributed by atoms with Crippen molar-refractivity contribution < 1.29 is 13.3 Å². The first kappa shape index (κ1) is 18.0. The molecular formula is C13H13ClN4O5S. The van der Waals surface area contributed by atoms with E-state index in [4.69, 9.17) is 11.6 Å². The number of nitrogens with zero attached hydrogens (tertiary/aromatic N) is 3. The first-order valence-corrected chi connectivity index (χ1v) is 8.55. The minimum absolute atomic E-state index is 0.00624. The van der Waals surface area contributed by atoms with Gasteiger partial charge in [0.05, 0.1) is 22.2 Å². The fraction of sp³-hybridized carbons (Fsp3) is 0.231. The van der Waals surface area contributed by atoms with Gasteiger partial charge in [-0.1, -0.05) is 11.6 Å². The fourth-order valence-corrected chi connectivity index (χ4v) is 3.42. The minimum atomic E-state index is -4.07. The molecule has 2 rings (SSSR count). The Hall–Kier alpha value is -2.30. The number of halogens is 1. The van der Waals surface area contributed by atoms with Crippen LogP contribution < -0.4 is 10.3 Å². The summed E-state index contributed by atoms with van der Waals surface area (Å²) in [6.45, 7) is 1.58. The molecule has 0 aliphatic heterocycles. The molecular weight excluding hydrogens is 360 g/mol. The highest BCUT2D eigenvalue weighted by molar-refractivity contribution is 7.89. The highest BCUT2D eigenvalue weighted by atomic mass is 35.5. The normalized spacial score (nSPS) is 11.4. The Bertz CT molecular complexity index is 942. The first-order valence-electron chi connectivity index (χ1n) is 6.69. The van der Waals surface area contributed by atoms with Crippen LogP contribution >= 0.6 is 11.6 Å². The maximum absolute atomic E-state index is 12.2. The lowest BCUT2D eigenvalue weighted by Crippen LogP contribution is -2.32. The minimum Gasteiger partial charge on any atom is -0.268 e. The van der Waals surface area contributed by atoms with Gasteiger partial charge in [0.15, 0.2) is 0 Å². The fourth-order valence-electron chi connectivity index (χ4n) is 1.89. The summed E-state index contributed by atoms with van der Waals surface area (Å²) in [4.78, 5) is 21.2. The van der Waals surface area contributed by atoms with Crippen molar-refractivity contribution in [3.63, 3.8) is 0 Å². The summed E-state index contributed by atoms with van der Waals surface area (Å²) < 4.78 is 27.8. The summed E-state index contributed by atoms with van der Waals surface area (Å²) in [5.41, 5.74) is -0.149. The van der Waals surface area contributed by atoms with Crippen molar-refractivity contribution in [2.75, 3.05) is 6.54 Å². The molecule has 9 nitrogen and oxygen atoms in total. The number of hydrogen-bond acceptors (Lipinski definition) is 6. The molecule has 0 saturated heterocycles. The standard InChI is InChI=1S/C13H13ClN4O5S/c1-9-2-5-13(19)17(16-9)7-6-15-24(22,23)12-8-10(18(20)21)3-4-11(12)14/h2-5,8,15H,6-7H2,1H3. The Balaban J connectivity index is 2.17. The lowest BCUT2D eigenvalue weighted by atomic mass is 10.3. The molecule has 1 aromatic heterocycles. The first-order chi connectivity index (χ1) is 11.2. The average Bonchev–Trinajstić information content (AvgIpc) is 2.50. The predicted molar refractivity (Wildman–Crippen MR) is 86.5 cm³/mol. The van der Waals surface area contributed by atoms with Crippen LogP contribution in [0, 0.1) is 17.0 Å². The molecule has 11 heteroatoms. The van der Waals surface area contributed by atoms with Crippen LogP contribution in [0.5, 0.6) is 0 Å². The van der Waals surface area contributed by atoms with Crippen molar-refractivity contribution in [2.24, 2.45) is 0 Å². The van der Waals surface area contributed by atoms with Crippen molar-refractivity contribution in [1.29, 1.82) is 0 Å². The van der Waals surface area contributed by atoms with Crippen LogP contribution in [-0.2, 0) is 16.6 Å². The molecule has 2 aromatic rings. The third-order valence-corrected chi connectivity index (χ3v) is 4.97. The predicted octanol–water partition coefficient (Wildman–Crippen LogP) is 1.09. The Kier molecular flexibility index (Phi) is 5.32. The van der Waals surface area contributed by atoms with Crippen LogP contribution in [0.25, 0.3) is 0 Å². The molecule has 0 bridgehead atoms. The van der Waals surface area contributed by atoms with Crippen molar-refractivity contribution in [2.45, 2.75) is 18.4 Å². The van der Waals surface area contributed by atoms with Crippen LogP contribution in [0.1, 0.15) is 5.69 Å². The molecule has 24 heavy (non-hydrogen) atoms. The number of rotatable bonds is 6. The molecule has 0 atom stereocenters. The maximum atomic E-state index is 12.2. The molecule has 0 spiro atoms. The number of nitrogens with one attached hydrogen (secondary N) is 1. The highest BCUT2D eigenvalue weighted by Gasteiger charge is 2.21. The van der Waals surface area contributed by atoms with Gasteiger partial charge in [-0.05, 0) is 19.1 Å². The van der Waals surface area contributed by atoms with E-state index in [1.54, 1.807) is 13.0 Å². The van der Waals surface area contributed by atoms with Gasteiger partial charge in [-0.15, -0.1) is 0 Å². The van der Waals surface area contributed by atoms with Gasteiger partial charge in [0.2, 0.25) is 10.0 Å². The molecule has 0 aliphatic carbocycles. The van der Waals surface area contributed by atoms with Crippen LogP contribution in [0.3, 0.4) is 0 Å². The van der Waals surface area contributed by atoms with Gasteiger partial charge < -0.3 is 0 Å². The zero-order valence-electron chi connectivity index (χ0n) is 12.5. The van der Waals surface area contributed by atoms with Gasteiger partial charge in [0.1, 0.15) is 4.90 Å². The summed E-state index contributed by atoms with van der Waals surface area (Å²) in [5, 5.41) is 14.6. The van der Waals surface area contributed by atoms with E-state index in [9.17, 15) is 23.3 Å². The summed E-state index contributed by atoms with van der Waals surface area (Å²) in [6, 6.07) is 6.00. The van der Waals surface area contributed by atoms with Gasteiger partial charge in [-0.3, -0.25) is 14.9 Å². The molecule has 0 unspecified atom stereocenters. The van der Waals surface area contributed by atoms with Crippen LogP contribution in [0.15, 0.2) is 40.0 Å². The second-order valence-corrected chi connectivity index (χ2v) is 6.95. The largest absolute Gasteiger partial charge is 0.270 e. The maximum Gasteiger partial charge on any atom is 0.270 e. The molecule has 0 saturated carbocycles. The number of aromatic nitrogens is 2. The van der Waals surface area contributed by atoms with E-state index in [0.717, 1.165) is 22.9 Å². The summed E-state index contributed by atoms with van der Waals surface area (Å²) in [6.07, 6.45) is 0. The van der Waals surface area contributed by atoms with E-state index >= 15 is 0 Å². The van der Waals surface area contributed by atoms with E-state index in [1.165, 1.54) is 6.07 Å². The summed E-state index contributed by atoms with van der Waals surface area (Å²) >= 11 is 5.82. The second kappa shape index (κ2) is 7.07. The molecule has 1 N–H and O–H groups in total. The summed E-state index contributed by atoms with van der Waals surface area (Å²) in [7, 11) is -4.07. The monoisotopic (exact) mass is 372 g/mol. The van der Waals surface area contributed by atoms with E-state index in [-0.39, 0.29) is 23.7 Å². The average molecular weight is 373 g/mol. The SMILES string of the molecule is Cc1ccc(=O)n(CCNS(=O)(=O)c2cc([N+](=O)[O-])ccc2Cl)n1. The second-order valence-electron chi connectivity index (χ2n) is 4.81. The third-order valence-electron chi connectivity index (χ3n) is 3.03. The van der Waals surface area contributed by atoms with Crippen LogP contribution in [-0.4, -0.2) is 29.7 Å². The Labute approximate surface area is 142 Å². The Morgan fingerprint density at radius 3 is 2.71 bits per heavy atom. The van der Waals surface area contributed by atoms with Crippen molar-refractivity contribution in [3.05, 3.63) is 61.5 Å². The molecule has 1 heterocycles. The molecule has 0 amide bonds. The number of hydrogen-bond donors (Lipinski definition) is 1. The van der Waals surface area contributed by atoms with Crippen molar-refractivity contribution >= 4 is 27.3 Å². The number of nitro benzene ring substituents is 1. The van der Waals surface area contributed by atoms with E-state index < -0.39 is 25.5 Å². The molecule has 0 aliphatic rings. The molecule has 0 fully saturated rings. The molecule has 128 valence electrons. The van der Waals surface area contributed by atoms with Gasteiger partial charge in [-0.2, -0.15) is 5.10 Å². The van der Waals surface area contributed by atoms with Gasteiger partial charge in [0.25, 0.3) is 11.2 Å². The zero-order valence-corrected chi connectivity index (χ0v) is 14.0. The third kappa shape index (κ3) is 4.16.